The van der Waals surface area contributed by atoms with Crippen molar-refractivity contribution in [3.05, 3.63) is 42.2 Å². The van der Waals surface area contributed by atoms with Crippen LogP contribution in [0.2, 0.25) is 0 Å². The van der Waals surface area contributed by atoms with Crippen molar-refractivity contribution < 1.29 is 14.3 Å². The molecule has 1 unspecified atom stereocenters. The molecule has 0 saturated carbocycles. The maximum Gasteiger partial charge on any atom is 0.305 e. The summed E-state index contributed by atoms with van der Waals surface area (Å²) in [4.78, 5) is 20.2. The number of hydrogen-bond donors (Lipinski definition) is 0. The number of nitrogens with zero attached hydrogens (tertiary/aromatic N) is 2. The summed E-state index contributed by atoms with van der Waals surface area (Å²) in [6.45, 7) is 6.67. The summed E-state index contributed by atoms with van der Waals surface area (Å²) < 4.78 is 11.1. The van der Waals surface area contributed by atoms with Crippen molar-refractivity contribution in [3.8, 4) is 17.1 Å². The Labute approximate surface area is 181 Å². The molecule has 5 nitrogen and oxygen atoms in total. The van der Waals surface area contributed by atoms with E-state index >= 15 is 0 Å². The monoisotopic (exact) mass is 412 g/mol. The standard InChI is InChI=1S/C25H36N2O3/c1-4-6-7-8-9-10-11-16-29-23-18-26-25(27-19-23)22-14-12-21(13-15-22)17-20(3)30-24(28)5-2/h12-15,18-20H,4-11,16-17H2,1-3H3. The van der Waals surface area contributed by atoms with E-state index in [1.54, 1.807) is 19.3 Å². The molecule has 0 aliphatic rings. The number of carbonyl (C=O) groups excluding carboxylic acids is 1. The highest BCUT2D eigenvalue weighted by Gasteiger charge is 2.09. The molecule has 164 valence electrons. The van der Waals surface area contributed by atoms with Gasteiger partial charge in [-0.3, -0.25) is 4.79 Å². The third kappa shape index (κ3) is 8.93. The minimum atomic E-state index is -0.165. The Kier molecular flexibility index (Phi) is 10.9. The molecule has 0 bridgehead atoms. The molecule has 0 aliphatic heterocycles. The molecule has 1 aromatic heterocycles. The Hall–Kier alpha value is -2.43. The highest BCUT2D eigenvalue weighted by Crippen LogP contribution is 2.19. The van der Waals surface area contributed by atoms with Crippen LogP contribution in [0.3, 0.4) is 0 Å². The van der Waals surface area contributed by atoms with Crippen molar-refractivity contribution >= 4 is 5.97 Å². The molecule has 30 heavy (non-hydrogen) atoms. The first-order valence-corrected chi connectivity index (χ1v) is 11.4. The molecule has 2 rings (SSSR count). The van der Waals surface area contributed by atoms with E-state index in [2.05, 4.69) is 16.9 Å². The van der Waals surface area contributed by atoms with E-state index in [4.69, 9.17) is 9.47 Å². The zero-order chi connectivity index (χ0) is 21.6. The molecule has 2 aromatic rings. The molecular formula is C25H36N2O3. The molecule has 0 spiro atoms. The van der Waals surface area contributed by atoms with Crippen molar-refractivity contribution in [3.63, 3.8) is 0 Å². The van der Waals surface area contributed by atoms with Crippen molar-refractivity contribution in [1.29, 1.82) is 0 Å². The predicted octanol–water partition coefficient (Wildman–Crippen LogP) is 6.16. The van der Waals surface area contributed by atoms with Gasteiger partial charge in [-0.2, -0.15) is 0 Å². The van der Waals surface area contributed by atoms with E-state index in [9.17, 15) is 4.79 Å². The molecular weight excluding hydrogens is 376 g/mol. The molecule has 0 N–H and O–H groups in total. The number of unbranched alkanes of at least 4 members (excludes halogenated alkanes) is 6. The fourth-order valence-electron chi connectivity index (χ4n) is 3.26. The minimum absolute atomic E-state index is 0.132. The average molecular weight is 413 g/mol. The SMILES string of the molecule is CCCCCCCCCOc1cnc(-c2ccc(CC(C)OC(=O)CC)cc2)nc1. The number of rotatable bonds is 14. The Morgan fingerprint density at radius 2 is 1.57 bits per heavy atom. The maximum absolute atomic E-state index is 11.4. The summed E-state index contributed by atoms with van der Waals surface area (Å²) in [5.41, 5.74) is 2.07. The van der Waals surface area contributed by atoms with Crippen LogP contribution in [-0.4, -0.2) is 28.6 Å². The third-order valence-corrected chi connectivity index (χ3v) is 5.00. The van der Waals surface area contributed by atoms with Gasteiger partial charge in [0, 0.05) is 18.4 Å². The van der Waals surface area contributed by atoms with Gasteiger partial charge in [-0.1, -0.05) is 76.6 Å². The van der Waals surface area contributed by atoms with Crippen molar-refractivity contribution in [2.75, 3.05) is 6.61 Å². The number of carbonyl (C=O) groups is 1. The van der Waals surface area contributed by atoms with Crippen molar-refractivity contribution in [2.45, 2.75) is 84.7 Å². The fraction of sp³-hybridized carbons (Fsp3) is 0.560. The lowest BCUT2D eigenvalue weighted by atomic mass is 10.1. The van der Waals surface area contributed by atoms with Gasteiger partial charge >= 0.3 is 5.97 Å². The Balaban J connectivity index is 1.74. The molecule has 1 atom stereocenters. The second-order valence-corrected chi connectivity index (χ2v) is 7.77. The van der Waals surface area contributed by atoms with Crippen LogP contribution in [-0.2, 0) is 16.0 Å². The van der Waals surface area contributed by atoms with E-state index in [1.165, 1.54) is 38.5 Å². The molecule has 0 radical (unpaired) electrons. The van der Waals surface area contributed by atoms with Crippen LogP contribution >= 0.6 is 0 Å². The van der Waals surface area contributed by atoms with Crippen LogP contribution < -0.4 is 4.74 Å². The predicted molar refractivity (Wildman–Crippen MR) is 121 cm³/mol. The van der Waals surface area contributed by atoms with E-state index < -0.39 is 0 Å². The van der Waals surface area contributed by atoms with Crippen LogP contribution in [0.5, 0.6) is 5.75 Å². The van der Waals surface area contributed by atoms with Crippen LogP contribution in [0.25, 0.3) is 11.4 Å². The number of esters is 1. The van der Waals surface area contributed by atoms with Gasteiger partial charge in [-0.25, -0.2) is 9.97 Å². The molecule has 0 saturated heterocycles. The van der Waals surface area contributed by atoms with Crippen LogP contribution in [0.4, 0.5) is 0 Å². The first-order chi connectivity index (χ1) is 14.6. The van der Waals surface area contributed by atoms with Gasteiger partial charge in [-0.15, -0.1) is 0 Å². The summed E-state index contributed by atoms with van der Waals surface area (Å²) in [5, 5.41) is 0. The molecule has 0 aliphatic carbocycles. The summed E-state index contributed by atoms with van der Waals surface area (Å²) in [7, 11) is 0. The van der Waals surface area contributed by atoms with Crippen LogP contribution in [0, 0.1) is 0 Å². The van der Waals surface area contributed by atoms with Gasteiger partial charge in [-0.05, 0) is 18.9 Å². The zero-order valence-electron chi connectivity index (χ0n) is 18.7. The summed E-state index contributed by atoms with van der Waals surface area (Å²) >= 11 is 0. The van der Waals surface area contributed by atoms with Gasteiger partial charge < -0.3 is 9.47 Å². The molecule has 1 heterocycles. The van der Waals surface area contributed by atoms with E-state index in [0.717, 1.165) is 17.5 Å². The minimum Gasteiger partial charge on any atom is -0.490 e. The normalized spacial score (nSPS) is 11.8. The Morgan fingerprint density at radius 1 is 0.933 bits per heavy atom. The number of hydrogen-bond acceptors (Lipinski definition) is 5. The average Bonchev–Trinajstić information content (AvgIpc) is 2.76. The topological polar surface area (TPSA) is 61.3 Å². The van der Waals surface area contributed by atoms with E-state index in [-0.39, 0.29) is 12.1 Å². The van der Waals surface area contributed by atoms with Crippen LogP contribution in [0.1, 0.15) is 77.7 Å². The summed E-state index contributed by atoms with van der Waals surface area (Å²) in [5.74, 6) is 1.23. The smallest absolute Gasteiger partial charge is 0.305 e. The summed E-state index contributed by atoms with van der Waals surface area (Å²) in [6, 6.07) is 8.05. The van der Waals surface area contributed by atoms with Crippen LogP contribution in [0.15, 0.2) is 36.7 Å². The first-order valence-electron chi connectivity index (χ1n) is 11.4. The quantitative estimate of drug-likeness (QED) is 0.275. The van der Waals surface area contributed by atoms with Gasteiger partial charge in [0.2, 0.25) is 0 Å². The van der Waals surface area contributed by atoms with Gasteiger partial charge in [0.05, 0.1) is 19.0 Å². The fourth-order valence-corrected chi connectivity index (χ4v) is 3.26. The van der Waals surface area contributed by atoms with Gasteiger partial charge in [0.1, 0.15) is 6.10 Å². The first kappa shape index (κ1) is 23.8. The highest BCUT2D eigenvalue weighted by molar-refractivity contribution is 5.69. The van der Waals surface area contributed by atoms with E-state index in [0.29, 0.717) is 31.0 Å². The summed E-state index contributed by atoms with van der Waals surface area (Å²) in [6.07, 6.45) is 13.3. The molecule has 0 amide bonds. The van der Waals surface area contributed by atoms with E-state index in [1.807, 2.05) is 31.2 Å². The Morgan fingerprint density at radius 3 is 2.20 bits per heavy atom. The second-order valence-electron chi connectivity index (χ2n) is 7.77. The number of benzene rings is 1. The van der Waals surface area contributed by atoms with Gasteiger partial charge in [0.25, 0.3) is 0 Å². The second kappa shape index (κ2) is 13.7. The maximum atomic E-state index is 11.4. The van der Waals surface area contributed by atoms with Gasteiger partial charge in [0.15, 0.2) is 11.6 Å². The number of ether oxygens (including phenoxy) is 2. The molecule has 5 heteroatoms. The zero-order valence-corrected chi connectivity index (χ0v) is 18.7. The molecule has 0 fully saturated rings. The lowest BCUT2D eigenvalue weighted by molar-refractivity contribution is -0.147. The number of aromatic nitrogens is 2. The molecule has 1 aromatic carbocycles. The van der Waals surface area contributed by atoms with Crippen molar-refractivity contribution in [1.82, 2.24) is 9.97 Å². The largest absolute Gasteiger partial charge is 0.490 e. The highest BCUT2D eigenvalue weighted by atomic mass is 16.5. The lowest BCUT2D eigenvalue weighted by Crippen LogP contribution is -2.16. The Bertz CT molecular complexity index is 729. The lowest BCUT2D eigenvalue weighted by Gasteiger charge is -2.13. The van der Waals surface area contributed by atoms with Crippen molar-refractivity contribution in [2.24, 2.45) is 0 Å². The third-order valence-electron chi connectivity index (χ3n) is 5.00.